The minimum atomic E-state index is -0.981. The van der Waals surface area contributed by atoms with Crippen LogP contribution in [0.5, 0.6) is 0 Å². The summed E-state index contributed by atoms with van der Waals surface area (Å²) >= 11 is 0. The van der Waals surface area contributed by atoms with Crippen molar-refractivity contribution in [3.63, 3.8) is 0 Å². The second-order valence-electron chi connectivity index (χ2n) is 7.86. The largest absolute Gasteiger partial charge is 0.478 e. The number of hydrogen-bond donors (Lipinski definition) is 3. The summed E-state index contributed by atoms with van der Waals surface area (Å²) in [6.07, 6.45) is 4.80. The van der Waals surface area contributed by atoms with E-state index >= 15 is 0 Å². The molecule has 0 aliphatic rings. The Labute approximate surface area is 169 Å². The van der Waals surface area contributed by atoms with Crippen LogP contribution in [-0.2, 0) is 19.1 Å². The Morgan fingerprint density at radius 3 is 0.964 bits per heavy atom. The van der Waals surface area contributed by atoms with Crippen molar-refractivity contribution in [2.75, 3.05) is 13.2 Å². The molecule has 0 atom stereocenters. The molecule has 0 rings (SSSR count). The minimum Gasteiger partial charge on any atom is -0.478 e. The van der Waals surface area contributed by atoms with Gasteiger partial charge < -0.3 is 20.1 Å². The molecule has 28 heavy (non-hydrogen) atoms. The highest BCUT2D eigenvalue weighted by molar-refractivity contribution is 5.79. The standard InChI is InChI=1S/C12H26O.3C3H4O2/c1-11(2,3)7-9-13-10-8-12(4,5)6;3*1-2-3(4)5/h7-10H2,1-6H3;3*2H,1H2,(H,4,5). The van der Waals surface area contributed by atoms with Crippen molar-refractivity contribution in [2.24, 2.45) is 10.8 Å². The molecular weight excluding hydrogens is 364 g/mol. The number of carboxylic acid groups (broad SMARTS) is 3. The Morgan fingerprint density at radius 1 is 0.679 bits per heavy atom. The van der Waals surface area contributed by atoms with Gasteiger partial charge in [0.2, 0.25) is 0 Å². The number of rotatable bonds is 7. The molecule has 0 aromatic rings. The molecule has 0 aliphatic heterocycles. The summed E-state index contributed by atoms with van der Waals surface area (Å²) in [5.74, 6) is -2.94. The van der Waals surface area contributed by atoms with Crippen molar-refractivity contribution >= 4 is 17.9 Å². The van der Waals surface area contributed by atoms with Crippen LogP contribution in [0.4, 0.5) is 0 Å². The summed E-state index contributed by atoms with van der Waals surface area (Å²) in [5.41, 5.74) is 0.809. The normalized spacial score (nSPS) is 9.64. The fourth-order valence-electron chi connectivity index (χ4n) is 0.859. The van der Waals surface area contributed by atoms with E-state index in [1.54, 1.807) is 0 Å². The summed E-state index contributed by atoms with van der Waals surface area (Å²) in [6.45, 7) is 24.2. The topological polar surface area (TPSA) is 121 Å². The lowest BCUT2D eigenvalue weighted by Crippen LogP contribution is -2.13. The van der Waals surface area contributed by atoms with E-state index in [-0.39, 0.29) is 0 Å². The zero-order chi connectivity index (χ0) is 23.4. The van der Waals surface area contributed by atoms with Crippen LogP contribution in [0.15, 0.2) is 38.0 Å². The fraction of sp³-hybridized carbons (Fsp3) is 0.571. The third-order valence-electron chi connectivity index (χ3n) is 2.52. The van der Waals surface area contributed by atoms with Crippen molar-refractivity contribution in [1.82, 2.24) is 0 Å². The average Bonchev–Trinajstić information content (AvgIpc) is 2.53. The molecule has 0 unspecified atom stereocenters. The first kappa shape index (κ1) is 33.2. The molecule has 7 nitrogen and oxygen atoms in total. The Bertz CT molecular complexity index is 407. The molecule has 0 aromatic heterocycles. The third kappa shape index (κ3) is 65.2. The summed E-state index contributed by atoms with van der Waals surface area (Å²) < 4.78 is 5.59. The van der Waals surface area contributed by atoms with Gasteiger partial charge in [0, 0.05) is 31.4 Å². The first-order chi connectivity index (χ1) is 12.5. The van der Waals surface area contributed by atoms with Gasteiger partial charge in [-0.1, -0.05) is 61.3 Å². The monoisotopic (exact) mass is 402 g/mol. The molecule has 164 valence electrons. The number of carboxylic acids is 3. The quantitative estimate of drug-likeness (QED) is 0.419. The lowest BCUT2D eigenvalue weighted by molar-refractivity contribution is -0.132. The summed E-state index contributed by atoms with van der Waals surface area (Å²) in [6, 6.07) is 0. The molecule has 0 amide bonds. The maximum atomic E-state index is 9.25. The van der Waals surface area contributed by atoms with Gasteiger partial charge in [0.05, 0.1) is 0 Å². The SMILES string of the molecule is C=CC(=O)O.C=CC(=O)O.C=CC(=O)O.CC(C)(C)CCOCCC(C)(C)C. The Hall–Kier alpha value is -2.41. The third-order valence-corrected chi connectivity index (χ3v) is 2.52. The van der Waals surface area contributed by atoms with Crippen LogP contribution in [0.2, 0.25) is 0 Å². The predicted molar refractivity (Wildman–Crippen MR) is 112 cm³/mol. The van der Waals surface area contributed by atoms with E-state index < -0.39 is 17.9 Å². The molecule has 0 aromatic carbocycles. The zero-order valence-electron chi connectivity index (χ0n) is 18.2. The number of carbonyl (C=O) groups is 3. The van der Waals surface area contributed by atoms with Crippen LogP contribution in [0.1, 0.15) is 54.4 Å². The smallest absolute Gasteiger partial charge is 0.327 e. The van der Waals surface area contributed by atoms with Crippen LogP contribution < -0.4 is 0 Å². The molecule has 0 fully saturated rings. The van der Waals surface area contributed by atoms with Gasteiger partial charge in [-0.3, -0.25) is 0 Å². The van der Waals surface area contributed by atoms with Crippen LogP contribution in [0.25, 0.3) is 0 Å². The first-order valence-electron chi connectivity index (χ1n) is 8.66. The zero-order valence-corrected chi connectivity index (χ0v) is 18.2. The van der Waals surface area contributed by atoms with Gasteiger partial charge in [-0.2, -0.15) is 0 Å². The van der Waals surface area contributed by atoms with E-state index in [1.165, 1.54) is 0 Å². The van der Waals surface area contributed by atoms with Crippen LogP contribution in [0.3, 0.4) is 0 Å². The molecule has 0 heterocycles. The summed E-state index contributed by atoms with van der Waals surface area (Å²) in [5, 5.41) is 22.8. The molecule has 0 aliphatic carbocycles. The molecule has 0 radical (unpaired) electrons. The van der Waals surface area contributed by atoms with Crippen molar-refractivity contribution in [3.05, 3.63) is 38.0 Å². The van der Waals surface area contributed by atoms with Crippen molar-refractivity contribution in [1.29, 1.82) is 0 Å². The lowest BCUT2D eigenvalue weighted by Gasteiger charge is -2.20. The maximum Gasteiger partial charge on any atom is 0.327 e. The van der Waals surface area contributed by atoms with E-state index in [1.807, 2.05) is 0 Å². The van der Waals surface area contributed by atoms with E-state index in [2.05, 4.69) is 61.3 Å². The lowest BCUT2D eigenvalue weighted by atomic mass is 9.92. The molecule has 0 saturated heterocycles. The second-order valence-corrected chi connectivity index (χ2v) is 7.86. The van der Waals surface area contributed by atoms with Gasteiger partial charge in [0.15, 0.2) is 0 Å². The minimum absolute atomic E-state index is 0.404. The summed E-state index contributed by atoms with van der Waals surface area (Å²) in [7, 11) is 0. The van der Waals surface area contributed by atoms with Crippen LogP contribution >= 0.6 is 0 Å². The fourth-order valence-corrected chi connectivity index (χ4v) is 0.859. The predicted octanol–water partition coefficient (Wildman–Crippen LogP) is 4.65. The Kier molecular flexibility index (Phi) is 22.9. The van der Waals surface area contributed by atoms with Gasteiger partial charge in [-0.15, -0.1) is 0 Å². The first-order valence-corrected chi connectivity index (χ1v) is 8.66. The molecule has 0 spiro atoms. The molecule has 7 heteroatoms. The van der Waals surface area contributed by atoms with Gasteiger partial charge in [0.25, 0.3) is 0 Å². The number of aliphatic carboxylic acids is 3. The highest BCUT2D eigenvalue weighted by Crippen LogP contribution is 2.20. The van der Waals surface area contributed by atoms with E-state index in [0.29, 0.717) is 10.8 Å². The Morgan fingerprint density at radius 2 is 0.857 bits per heavy atom. The number of ether oxygens (including phenoxy) is 1. The molecular formula is C21H38O7. The van der Waals surface area contributed by atoms with Crippen molar-refractivity contribution in [2.45, 2.75) is 54.4 Å². The van der Waals surface area contributed by atoms with E-state index in [4.69, 9.17) is 20.1 Å². The highest BCUT2D eigenvalue weighted by atomic mass is 16.5. The van der Waals surface area contributed by atoms with Crippen LogP contribution in [0, 0.1) is 10.8 Å². The van der Waals surface area contributed by atoms with Crippen LogP contribution in [-0.4, -0.2) is 46.4 Å². The summed E-state index contributed by atoms with van der Waals surface area (Å²) in [4.78, 5) is 27.8. The van der Waals surface area contributed by atoms with Gasteiger partial charge >= 0.3 is 17.9 Å². The maximum absolute atomic E-state index is 9.25. The van der Waals surface area contributed by atoms with E-state index in [9.17, 15) is 14.4 Å². The molecule has 0 saturated carbocycles. The second kappa shape index (κ2) is 19.4. The van der Waals surface area contributed by atoms with Gasteiger partial charge in [-0.25, -0.2) is 14.4 Å². The molecule has 0 bridgehead atoms. The number of hydrogen-bond acceptors (Lipinski definition) is 4. The molecule has 3 N–H and O–H groups in total. The van der Waals surface area contributed by atoms with Gasteiger partial charge in [-0.05, 0) is 23.7 Å². The van der Waals surface area contributed by atoms with Gasteiger partial charge in [0.1, 0.15) is 0 Å². The van der Waals surface area contributed by atoms with Crippen molar-refractivity contribution < 1.29 is 34.4 Å². The van der Waals surface area contributed by atoms with Crippen molar-refractivity contribution in [3.8, 4) is 0 Å². The van der Waals surface area contributed by atoms with E-state index in [0.717, 1.165) is 44.3 Å². The highest BCUT2D eigenvalue weighted by Gasteiger charge is 2.11. The Balaban J connectivity index is -0.000000159. The average molecular weight is 403 g/mol.